The van der Waals surface area contributed by atoms with Gasteiger partial charge in [0.05, 0.1) is 16.9 Å². The Labute approximate surface area is 152 Å². The summed E-state index contributed by atoms with van der Waals surface area (Å²) in [6.07, 6.45) is 0. The first-order chi connectivity index (χ1) is 11.7. The van der Waals surface area contributed by atoms with Crippen molar-refractivity contribution in [2.75, 3.05) is 10.8 Å². The first kappa shape index (κ1) is 18.3. The van der Waals surface area contributed by atoms with Crippen molar-refractivity contribution in [1.82, 2.24) is 4.98 Å². The molecule has 0 fully saturated rings. The maximum absolute atomic E-state index is 10.4. The van der Waals surface area contributed by atoms with Gasteiger partial charge in [-0.15, -0.1) is 0 Å². The zero-order valence-corrected chi connectivity index (χ0v) is 13.5. The summed E-state index contributed by atoms with van der Waals surface area (Å²) in [6.45, 7) is 0. The van der Waals surface area contributed by atoms with Crippen LogP contribution in [0.5, 0.6) is 5.88 Å². The zero-order chi connectivity index (χ0) is 17.1. The Balaban J connectivity index is 0.000000173. The number of anilines is 2. The fourth-order valence-corrected chi connectivity index (χ4v) is 2.44. The molecule has 0 atom stereocenters. The number of aromatic amines is 1. The minimum atomic E-state index is -0.175. The fraction of sp³-hybridized carbons (Fsp3) is 0. The molecule has 8 nitrogen and oxygen atoms in total. The van der Waals surface area contributed by atoms with Gasteiger partial charge in [-0.1, -0.05) is 36.4 Å². The van der Waals surface area contributed by atoms with E-state index in [2.05, 4.69) is 15.5 Å². The third kappa shape index (κ3) is 3.43. The summed E-state index contributed by atoms with van der Waals surface area (Å²) in [4.78, 5) is 11.9. The molecule has 5 N–H and O–H groups in total. The van der Waals surface area contributed by atoms with Crippen LogP contribution in [-0.4, -0.2) is 26.5 Å². The Morgan fingerprint density at radius 1 is 1.08 bits per heavy atom. The molecule has 0 bridgehead atoms. The number of amides is 1. The van der Waals surface area contributed by atoms with E-state index in [1.807, 2.05) is 12.1 Å². The number of carbonyl (C=O) groups excluding carboxylic acids is 1. The minimum Gasteiger partial charge on any atom is -0.791 e. The van der Waals surface area contributed by atoms with E-state index in [9.17, 15) is 20.3 Å². The summed E-state index contributed by atoms with van der Waals surface area (Å²) in [5.74, 6) is -0.294. The average Bonchev–Trinajstić information content (AvgIpc) is 3.09. The number of aromatic hydroxyl groups is 1. The van der Waals surface area contributed by atoms with E-state index in [4.69, 9.17) is 0 Å². The number of H-pyrrole nitrogens is 1. The molecule has 0 saturated carbocycles. The molecule has 1 aliphatic heterocycles. The Hall–Kier alpha value is -3.00. The number of hydrogen-bond donors (Lipinski definition) is 4. The molecule has 2 heterocycles. The van der Waals surface area contributed by atoms with Gasteiger partial charge in [0.2, 0.25) is 5.88 Å². The van der Waals surface area contributed by atoms with Crippen LogP contribution in [0.15, 0.2) is 53.7 Å². The van der Waals surface area contributed by atoms with Crippen LogP contribution in [0.25, 0.3) is 10.9 Å². The Morgan fingerprint density at radius 3 is 2.48 bits per heavy atom. The van der Waals surface area contributed by atoms with E-state index < -0.39 is 0 Å². The second-order valence-electron chi connectivity index (χ2n) is 4.96. The van der Waals surface area contributed by atoms with E-state index in [0.717, 1.165) is 5.52 Å². The molecule has 1 aromatic heterocycles. The van der Waals surface area contributed by atoms with Crippen molar-refractivity contribution in [2.24, 2.45) is 5.16 Å². The van der Waals surface area contributed by atoms with Gasteiger partial charge in [0.15, 0.2) is 5.71 Å². The van der Waals surface area contributed by atoms with Crippen molar-refractivity contribution < 1.29 is 27.0 Å². The van der Waals surface area contributed by atoms with Gasteiger partial charge in [0.25, 0.3) is 0 Å². The SMILES string of the molecule is [Cu].[O-]/N=C1/C(=[OH+])Nc2ccccc21.[O-]Nc1c(O)[nH]c2ccccc12. The molecule has 0 aliphatic carbocycles. The van der Waals surface area contributed by atoms with Gasteiger partial charge in [-0.25, -0.2) is 0 Å². The van der Waals surface area contributed by atoms with Crippen LogP contribution in [0.4, 0.5) is 11.4 Å². The van der Waals surface area contributed by atoms with Gasteiger partial charge < -0.3 is 31.1 Å². The summed E-state index contributed by atoms with van der Waals surface area (Å²) in [6, 6.07) is 14.3. The molecule has 1 radical (unpaired) electrons. The van der Waals surface area contributed by atoms with E-state index in [1.165, 1.54) is 0 Å². The van der Waals surface area contributed by atoms with Crippen LogP contribution in [0.1, 0.15) is 5.56 Å². The van der Waals surface area contributed by atoms with Crippen LogP contribution >= 0.6 is 0 Å². The molecule has 2 aromatic carbocycles. The normalized spacial score (nSPS) is 13.5. The first-order valence-electron chi connectivity index (χ1n) is 6.96. The third-order valence-corrected chi connectivity index (χ3v) is 3.54. The largest absolute Gasteiger partial charge is 0.791 e. The average molecular weight is 389 g/mol. The molecular weight excluding hydrogens is 376 g/mol. The standard InChI is InChI=1S/C8H7N2O2.C8H6N2O2.Cu/c2*11-8-7(10-12)5-3-1-2-4-6(5)9-8;/h1-4,9-11H;1-4,12H,(H,9,10,11);/q-1;;. The van der Waals surface area contributed by atoms with E-state index in [1.54, 1.807) is 41.9 Å². The van der Waals surface area contributed by atoms with Crippen molar-refractivity contribution in [3.8, 4) is 5.88 Å². The Kier molecular flexibility index (Phi) is 5.66. The number of hydrogen-bond acceptors (Lipinski definition) is 5. The topological polar surface area (TPSA) is 140 Å². The first-order valence-corrected chi connectivity index (χ1v) is 6.96. The van der Waals surface area contributed by atoms with Crippen LogP contribution < -0.4 is 10.8 Å². The third-order valence-electron chi connectivity index (χ3n) is 3.54. The molecule has 25 heavy (non-hydrogen) atoms. The van der Waals surface area contributed by atoms with E-state index in [-0.39, 0.29) is 40.3 Å². The second kappa shape index (κ2) is 7.71. The summed E-state index contributed by atoms with van der Waals surface area (Å²) >= 11 is 0. The second-order valence-corrected chi connectivity index (χ2v) is 4.96. The fourth-order valence-electron chi connectivity index (χ4n) is 2.44. The summed E-state index contributed by atoms with van der Waals surface area (Å²) in [7, 11) is 0. The maximum atomic E-state index is 10.4. The molecule has 9 heteroatoms. The predicted molar refractivity (Wildman–Crippen MR) is 93.9 cm³/mol. The monoisotopic (exact) mass is 388 g/mol. The van der Waals surface area contributed by atoms with Crippen molar-refractivity contribution in [1.29, 1.82) is 0 Å². The number of rotatable bonds is 1. The number of nitrogens with zero attached hydrogens (tertiary/aromatic N) is 1. The van der Waals surface area contributed by atoms with Gasteiger partial charge in [-0.05, 0) is 12.1 Å². The van der Waals surface area contributed by atoms with Crippen LogP contribution in [0.2, 0.25) is 0 Å². The van der Waals surface area contributed by atoms with Crippen molar-refractivity contribution in [3.05, 3.63) is 64.5 Å². The van der Waals surface area contributed by atoms with Crippen LogP contribution in [-0.2, 0) is 17.1 Å². The van der Waals surface area contributed by atoms with Crippen molar-refractivity contribution >= 4 is 33.9 Å². The Bertz CT molecular complexity index is 939. The minimum absolute atomic E-state index is 0. The number of para-hydroxylation sites is 2. The molecule has 4 rings (SSSR count). The number of aromatic nitrogens is 1. The molecule has 133 valence electrons. The van der Waals surface area contributed by atoms with Crippen molar-refractivity contribution in [3.63, 3.8) is 0 Å². The van der Waals surface area contributed by atoms with Gasteiger partial charge >= 0.3 is 5.91 Å². The van der Waals surface area contributed by atoms with E-state index >= 15 is 0 Å². The van der Waals surface area contributed by atoms with E-state index in [0.29, 0.717) is 16.6 Å². The van der Waals surface area contributed by atoms with Gasteiger partial charge in [0.1, 0.15) is 0 Å². The molecule has 0 unspecified atom stereocenters. The summed E-state index contributed by atoms with van der Waals surface area (Å²) in [5, 5.41) is 36.0. The van der Waals surface area contributed by atoms with Crippen LogP contribution in [0.3, 0.4) is 0 Å². The van der Waals surface area contributed by atoms with Crippen LogP contribution in [0, 0.1) is 10.4 Å². The molecule has 1 aliphatic rings. The number of fused-ring (bicyclic) bond motifs is 2. The zero-order valence-electron chi connectivity index (χ0n) is 12.6. The van der Waals surface area contributed by atoms with Crippen molar-refractivity contribution in [2.45, 2.75) is 0 Å². The molecule has 0 saturated heterocycles. The molecule has 1 amide bonds. The summed E-state index contributed by atoms with van der Waals surface area (Å²) in [5.41, 5.74) is 4.06. The molecule has 3 aromatic rings. The number of nitrogens with one attached hydrogen (secondary N) is 3. The maximum Gasteiger partial charge on any atom is 0.444 e. The molecular formula is C16H13CuN4O4-. The predicted octanol–water partition coefficient (Wildman–Crippen LogP) is 2.68. The number of benzene rings is 2. The summed E-state index contributed by atoms with van der Waals surface area (Å²) < 4.78 is 0. The Morgan fingerprint density at radius 2 is 1.76 bits per heavy atom. The van der Waals surface area contributed by atoms with Gasteiger partial charge in [0, 0.05) is 28.0 Å². The smallest absolute Gasteiger partial charge is 0.444 e. The quantitative estimate of drug-likeness (QED) is 0.289. The van der Waals surface area contributed by atoms with Gasteiger partial charge in [-0.2, -0.15) is 0 Å². The van der Waals surface area contributed by atoms with Gasteiger partial charge in [-0.3, -0.25) is 10.1 Å². The molecule has 0 spiro atoms.